The lowest BCUT2D eigenvalue weighted by Gasteiger charge is -2.36. The summed E-state index contributed by atoms with van der Waals surface area (Å²) in [6, 6.07) is 7.14. The average molecular weight is 450 g/mol. The maximum absolute atomic E-state index is 11.4. The molecule has 1 unspecified atom stereocenters. The van der Waals surface area contributed by atoms with Crippen LogP contribution in [0.2, 0.25) is 0 Å². The number of benzene rings is 1. The number of nitro benzene ring substituents is 1. The van der Waals surface area contributed by atoms with Crippen molar-refractivity contribution in [1.82, 2.24) is 0 Å². The molecule has 180 valence electrons. The molecule has 3 nitrogen and oxygen atoms in total. The van der Waals surface area contributed by atoms with Crippen molar-refractivity contribution in [2.45, 2.75) is 91.4 Å². The van der Waals surface area contributed by atoms with Crippen molar-refractivity contribution in [1.29, 1.82) is 0 Å². The molecule has 0 radical (unpaired) electrons. The van der Waals surface area contributed by atoms with Crippen LogP contribution in [0.15, 0.2) is 72.4 Å². The standard InChI is InChI=1S/C30H43NO2/c1-7-19-30(6,20-18-25-14-11-10-12-15-25)22-24(5)29(23(4)8-2)28(9-3)26-16-13-17-27(21-26)31(32)33/h11,13-17,21,28-29H,4-5,7-10,12,18-20,22H2,1-3,6H3/t28-,29?,30+/m1/s1. The van der Waals surface area contributed by atoms with Crippen LogP contribution in [0.1, 0.15) is 97.0 Å². The molecule has 0 aromatic heterocycles. The highest BCUT2D eigenvalue weighted by Gasteiger charge is 2.32. The lowest BCUT2D eigenvalue weighted by atomic mass is 9.68. The van der Waals surface area contributed by atoms with E-state index in [0.717, 1.165) is 56.9 Å². The van der Waals surface area contributed by atoms with Gasteiger partial charge >= 0.3 is 0 Å². The van der Waals surface area contributed by atoms with E-state index in [1.165, 1.54) is 23.1 Å². The highest BCUT2D eigenvalue weighted by Crippen LogP contribution is 2.45. The SMILES string of the molecule is C=C(CC)C(C(=C)C[C@@](C)(CCC)CCC1=CCCC=C1)[C@H](CC)c1cccc([N+](=O)[O-])c1. The molecule has 0 heterocycles. The van der Waals surface area contributed by atoms with Crippen LogP contribution in [0.5, 0.6) is 0 Å². The molecular formula is C30H43NO2. The van der Waals surface area contributed by atoms with Crippen LogP contribution < -0.4 is 0 Å². The molecule has 1 aromatic rings. The fourth-order valence-electron chi connectivity index (χ4n) is 5.47. The van der Waals surface area contributed by atoms with Crippen LogP contribution in [0, 0.1) is 21.4 Å². The van der Waals surface area contributed by atoms with E-state index >= 15 is 0 Å². The molecule has 0 saturated carbocycles. The predicted molar refractivity (Wildman–Crippen MR) is 142 cm³/mol. The summed E-state index contributed by atoms with van der Waals surface area (Å²) in [5.74, 6) is 0.284. The van der Waals surface area contributed by atoms with E-state index in [1.807, 2.05) is 6.07 Å². The number of non-ortho nitro benzene ring substituents is 1. The fourth-order valence-corrected chi connectivity index (χ4v) is 5.47. The Bertz CT molecular complexity index is 894. The quantitative estimate of drug-likeness (QED) is 0.161. The van der Waals surface area contributed by atoms with Crippen molar-refractivity contribution in [3.05, 3.63) is 88.0 Å². The van der Waals surface area contributed by atoms with Crippen molar-refractivity contribution < 1.29 is 4.92 Å². The van der Waals surface area contributed by atoms with E-state index in [-0.39, 0.29) is 27.9 Å². The van der Waals surface area contributed by atoms with Crippen LogP contribution >= 0.6 is 0 Å². The second-order valence-corrected chi connectivity index (χ2v) is 10.0. The minimum Gasteiger partial charge on any atom is -0.258 e. The number of allylic oxidation sites excluding steroid dienone is 6. The third kappa shape index (κ3) is 7.55. The summed E-state index contributed by atoms with van der Waals surface area (Å²) in [6.45, 7) is 18.0. The number of nitrogens with zero attached hydrogens (tertiary/aromatic N) is 1. The Morgan fingerprint density at radius 2 is 1.91 bits per heavy atom. The maximum atomic E-state index is 11.4. The Morgan fingerprint density at radius 3 is 2.48 bits per heavy atom. The summed E-state index contributed by atoms with van der Waals surface area (Å²) in [5.41, 5.74) is 5.22. The minimum atomic E-state index is -0.304. The molecule has 1 aliphatic rings. The normalized spacial score (nSPS) is 17.0. The lowest BCUT2D eigenvalue weighted by Crippen LogP contribution is -2.23. The van der Waals surface area contributed by atoms with Crippen LogP contribution in [0.25, 0.3) is 0 Å². The van der Waals surface area contributed by atoms with E-state index in [0.29, 0.717) is 0 Å². The van der Waals surface area contributed by atoms with Crippen LogP contribution in [0.3, 0.4) is 0 Å². The smallest absolute Gasteiger partial charge is 0.258 e. The molecule has 0 spiro atoms. The van der Waals surface area contributed by atoms with Gasteiger partial charge in [-0.3, -0.25) is 10.1 Å². The first-order chi connectivity index (χ1) is 15.7. The molecule has 0 saturated heterocycles. The highest BCUT2D eigenvalue weighted by atomic mass is 16.6. The first-order valence-electron chi connectivity index (χ1n) is 12.7. The summed E-state index contributed by atoms with van der Waals surface area (Å²) in [4.78, 5) is 11.1. The zero-order chi connectivity index (χ0) is 24.4. The van der Waals surface area contributed by atoms with Crippen LogP contribution in [-0.4, -0.2) is 4.92 Å². The van der Waals surface area contributed by atoms with Crippen LogP contribution in [0.4, 0.5) is 5.69 Å². The highest BCUT2D eigenvalue weighted by molar-refractivity contribution is 5.38. The lowest BCUT2D eigenvalue weighted by molar-refractivity contribution is -0.384. The molecule has 0 fully saturated rings. The van der Waals surface area contributed by atoms with Gasteiger partial charge in [-0.15, -0.1) is 0 Å². The minimum absolute atomic E-state index is 0.131. The Morgan fingerprint density at radius 1 is 1.15 bits per heavy atom. The Hall–Kier alpha value is -2.42. The van der Waals surface area contributed by atoms with Gasteiger partial charge in [-0.05, 0) is 68.3 Å². The van der Waals surface area contributed by atoms with E-state index in [9.17, 15) is 10.1 Å². The van der Waals surface area contributed by atoms with E-state index in [2.05, 4.69) is 59.1 Å². The molecule has 1 aliphatic carbocycles. The van der Waals surface area contributed by atoms with Crippen LogP contribution in [-0.2, 0) is 0 Å². The van der Waals surface area contributed by atoms with Gasteiger partial charge in [-0.2, -0.15) is 0 Å². The summed E-state index contributed by atoms with van der Waals surface area (Å²) >= 11 is 0. The number of hydrogen-bond acceptors (Lipinski definition) is 2. The third-order valence-corrected chi connectivity index (χ3v) is 7.28. The van der Waals surface area contributed by atoms with Gasteiger partial charge in [-0.1, -0.05) is 94.4 Å². The van der Waals surface area contributed by atoms with Gasteiger partial charge in [0.2, 0.25) is 0 Å². The average Bonchev–Trinajstić information content (AvgIpc) is 2.81. The number of hydrogen-bond donors (Lipinski definition) is 0. The van der Waals surface area contributed by atoms with Gasteiger partial charge in [0, 0.05) is 18.1 Å². The van der Waals surface area contributed by atoms with Crippen molar-refractivity contribution >= 4 is 5.69 Å². The second kappa shape index (κ2) is 12.7. The van der Waals surface area contributed by atoms with Gasteiger partial charge < -0.3 is 0 Å². The predicted octanol–water partition coefficient (Wildman–Crippen LogP) is 9.48. The summed E-state index contributed by atoms with van der Waals surface area (Å²) in [6.07, 6.45) is 16.6. The summed E-state index contributed by atoms with van der Waals surface area (Å²) in [5, 5.41) is 11.4. The largest absolute Gasteiger partial charge is 0.269 e. The molecule has 1 aromatic carbocycles. The second-order valence-electron chi connectivity index (χ2n) is 10.0. The fraction of sp³-hybridized carbons (Fsp3) is 0.533. The Labute approximate surface area is 201 Å². The summed E-state index contributed by atoms with van der Waals surface area (Å²) in [7, 11) is 0. The molecule has 0 aliphatic heterocycles. The first kappa shape index (κ1) is 26.8. The van der Waals surface area contributed by atoms with E-state index in [4.69, 9.17) is 0 Å². The third-order valence-electron chi connectivity index (χ3n) is 7.28. The van der Waals surface area contributed by atoms with Gasteiger partial charge in [-0.25, -0.2) is 0 Å². The Kier molecular flexibility index (Phi) is 10.3. The van der Waals surface area contributed by atoms with Gasteiger partial charge in [0.25, 0.3) is 5.69 Å². The number of nitro groups is 1. The van der Waals surface area contributed by atoms with Crippen molar-refractivity contribution in [2.75, 3.05) is 0 Å². The topological polar surface area (TPSA) is 43.1 Å². The van der Waals surface area contributed by atoms with Gasteiger partial charge in [0.15, 0.2) is 0 Å². The van der Waals surface area contributed by atoms with E-state index in [1.54, 1.807) is 18.2 Å². The summed E-state index contributed by atoms with van der Waals surface area (Å²) < 4.78 is 0. The molecule has 3 heteroatoms. The molecule has 3 atom stereocenters. The monoisotopic (exact) mass is 449 g/mol. The zero-order valence-corrected chi connectivity index (χ0v) is 21.2. The molecule has 0 amide bonds. The van der Waals surface area contributed by atoms with Crippen molar-refractivity contribution in [3.63, 3.8) is 0 Å². The number of rotatable bonds is 14. The van der Waals surface area contributed by atoms with Gasteiger partial charge in [0.05, 0.1) is 4.92 Å². The van der Waals surface area contributed by atoms with Crippen molar-refractivity contribution in [2.24, 2.45) is 11.3 Å². The zero-order valence-electron chi connectivity index (χ0n) is 21.2. The molecule has 33 heavy (non-hydrogen) atoms. The van der Waals surface area contributed by atoms with Gasteiger partial charge in [0.1, 0.15) is 0 Å². The first-order valence-corrected chi connectivity index (χ1v) is 12.7. The molecular weight excluding hydrogens is 406 g/mol. The van der Waals surface area contributed by atoms with Crippen molar-refractivity contribution in [3.8, 4) is 0 Å². The molecule has 2 rings (SSSR count). The molecule has 0 N–H and O–H groups in total. The maximum Gasteiger partial charge on any atom is 0.269 e. The Balaban J connectivity index is 2.29. The molecule has 0 bridgehead atoms. The van der Waals surface area contributed by atoms with E-state index < -0.39 is 0 Å².